The molecule has 0 aliphatic carbocycles. The second-order valence-corrected chi connectivity index (χ2v) is 5.69. The zero-order valence-electron chi connectivity index (χ0n) is 12.1. The fraction of sp³-hybridized carbons (Fsp3) is 0.333. The number of ether oxygens (including phenoxy) is 1. The molecule has 0 saturated carbocycles. The number of thiazole rings is 1. The van der Waals surface area contributed by atoms with Crippen LogP contribution in [-0.4, -0.2) is 18.1 Å². The van der Waals surface area contributed by atoms with Crippen molar-refractivity contribution in [2.24, 2.45) is 0 Å². The highest BCUT2D eigenvalue weighted by Gasteiger charge is 2.14. The molecule has 2 aromatic rings. The molecule has 2 rings (SSSR count). The van der Waals surface area contributed by atoms with Crippen molar-refractivity contribution in [1.82, 2.24) is 4.98 Å². The van der Waals surface area contributed by atoms with Crippen LogP contribution in [0.15, 0.2) is 23.6 Å². The van der Waals surface area contributed by atoms with Crippen molar-refractivity contribution in [3.8, 4) is 0 Å². The lowest BCUT2D eigenvalue weighted by Crippen LogP contribution is -2.11. The minimum Gasteiger partial charge on any atom is -0.465 e. The summed E-state index contributed by atoms with van der Waals surface area (Å²) in [5.41, 5.74) is 3.40. The van der Waals surface area contributed by atoms with Crippen LogP contribution in [0.3, 0.4) is 0 Å². The first-order valence-corrected chi connectivity index (χ1v) is 7.27. The Morgan fingerprint density at radius 3 is 2.75 bits per heavy atom. The third kappa shape index (κ3) is 2.99. The highest BCUT2D eigenvalue weighted by Crippen LogP contribution is 2.25. The standard InChI is InChI=1S/C15H18N2O2S/c1-9-12(15(18)19-4)6-5-7-13(9)16-10(2)14-8-20-11(3)17-14/h5-8,10,16H,1-4H3. The van der Waals surface area contributed by atoms with E-state index in [2.05, 4.69) is 17.2 Å². The number of esters is 1. The molecule has 106 valence electrons. The average Bonchev–Trinajstić information content (AvgIpc) is 2.87. The monoisotopic (exact) mass is 290 g/mol. The molecular weight excluding hydrogens is 272 g/mol. The van der Waals surface area contributed by atoms with Crippen LogP contribution in [-0.2, 0) is 4.74 Å². The summed E-state index contributed by atoms with van der Waals surface area (Å²) >= 11 is 1.63. The molecule has 4 nitrogen and oxygen atoms in total. The fourth-order valence-corrected chi connectivity index (χ4v) is 2.72. The number of rotatable bonds is 4. The van der Waals surface area contributed by atoms with Gasteiger partial charge in [-0.2, -0.15) is 0 Å². The number of hydrogen-bond donors (Lipinski definition) is 1. The highest BCUT2D eigenvalue weighted by atomic mass is 32.1. The molecule has 0 spiro atoms. The van der Waals surface area contributed by atoms with Crippen LogP contribution in [0.4, 0.5) is 5.69 Å². The molecule has 1 aromatic heterocycles. The van der Waals surface area contributed by atoms with Crippen molar-refractivity contribution >= 4 is 23.0 Å². The number of nitrogens with one attached hydrogen (secondary N) is 1. The van der Waals surface area contributed by atoms with Crippen LogP contribution in [0.2, 0.25) is 0 Å². The summed E-state index contributed by atoms with van der Waals surface area (Å²) in [6.45, 7) is 5.95. The first-order valence-electron chi connectivity index (χ1n) is 6.39. The summed E-state index contributed by atoms with van der Waals surface area (Å²) in [5, 5.41) is 6.49. The van der Waals surface area contributed by atoms with E-state index in [0.29, 0.717) is 5.56 Å². The Morgan fingerprint density at radius 1 is 1.40 bits per heavy atom. The maximum atomic E-state index is 11.7. The number of aryl methyl sites for hydroxylation is 1. The van der Waals surface area contributed by atoms with Crippen LogP contribution >= 0.6 is 11.3 Å². The smallest absolute Gasteiger partial charge is 0.338 e. The van der Waals surface area contributed by atoms with E-state index in [1.165, 1.54) is 7.11 Å². The van der Waals surface area contributed by atoms with Gasteiger partial charge in [-0.25, -0.2) is 9.78 Å². The first kappa shape index (κ1) is 14.5. The molecule has 20 heavy (non-hydrogen) atoms. The maximum absolute atomic E-state index is 11.7. The Hall–Kier alpha value is -1.88. The van der Waals surface area contributed by atoms with Gasteiger partial charge in [0, 0.05) is 11.1 Å². The Bertz CT molecular complexity index is 622. The second kappa shape index (κ2) is 6.05. The van der Waals surface area contributed by atoms with Gasteiger partial charge >= 0.3 is 5.97 Å². The van der Waals surface area contributed by atoms with Crippen LogP contribution in [0.1, 0.15) is 39.6 Å². The number of nitrogens with zero attached hydrogens (tertiary/aromatic N) is 1. The van der Waals surface area contributed by atoms with E-state index in [1.54, 1.807) is 17.4 Å². The van der Waals surface area contributed by atoms with Crippen LogP contribution in [0.25, 0.3) is 0 Å². The van der Waals surface area contributed by atoms with Gasteiger partial charge in [0.1, 0.15) is 0 Å². The number of carbonyl (C=O) groups excluding carboxylic acids is 1. The lowest BCUT2D eigenvalue weighted by molar-refractivity contribution is 0.0600. The molecule has 0 radical (unpaired) electrons. The van der Waals surface area contributed by atoms with Gasteiger partial charge in [-0.1, -0.05) is 6.07 Å². The number of anilines is 1. The number of methoxy groups -OCH3 is 1. The first-order chi connectivity index (χ1) is 9.52. The lowest BCUT2D eigenvalue weighted by atomic mass is 10.1. The number of benzene rings is 1. The third-order valence-corrected chi connectivity index (χ3v) is 3.98. The largest absolute Gasteiger partial charge is 0.465 e. The lowest BCUT2D eigenvalue weighted by Gasteiger charge is -2.16. The molecule has 0 fully saturated rings. The van der Waals surface area contributed by atoms with Crippen LogP contribution in [0, 0.1) is 13.8 Å². The number of aromatic nitrogens is 1. The van der Waals surface area contributed by atoms with E-state index >= 15 is 0 Å². The predicted molar refractivity (Wildman–Crippen MR) is 81.4 cm³/mol. The van der Waals surface area contributed by atoms with Crippen molar-refractivity contribution < 1.29 is 9.53 Å². The van der Waals surface area contributed by atoms with Gasteiger partial charge in [-0.3, -0.25) is 0 Å². The van der Waals surface area contributed by atoms with Gasteiger partial charge < -0.3 is 10.1 Å². The molecule has 1 atom stereocenters. The molecule has 1 heterocycles. The summed E-state index contributed by atoms with van der Waals surface area (Å²) < 4.78 is 4.79. The number of hydrogen-bond acceptors (Lipinski definition) is 5. The Morgan fingerprint density at radius 2 is 2.15 bits per heavy atom. The molecule has 1 N–H and O–H groups in total. The molecule has 0 aliphatic rings. The van der Waals surface area contributed by atoms with E-state index < -0.39 is 0 Å². The highest BCUT2D eigenvalue weighted by molar-refractivity contribution is 7.09. The summed E-state index contributed by atoms with van der Waals surface area (Å²) in [6, 6.07) is 5.66. The van der Waals surface area contributed by atoms with E-state index in [-0.39, 0.29) is 12.0 Å². The van der Waals surface area contributed by atoms with Gasteiger partial charge in [0.2, 0.25) is 0 Å². The van der Waals surface area contributed by atoms with Gasteiger partial charge in [-0.15, -0.1) is 11.3 Å². The predicted octanol–water partition coefficient (Wildman–Crippen LogP) is 3.72. The Labute approximate surface area is 122 Å². The van der Waals surface area contributed by atoms with E-state index in [1.807, 2.05) is 31.4 Å². The van der Waals surface area contributed by atoms with Crippen molar-refractivity contribution in [1.29, 1.82) is 0 Å². The Kier molecular flexibility index (Phi) is 4.39. The second-order valence-electron chi connectivity index (χ2n) is 4.63. The maximum Gasteiger partial charge on any atom is 0.338 e. The van der Waals surface area contributed by atoms with Gasteiger partial charge in [0.25, 0.3) is 0 Å². The van der Waals surface area contributed by atoms with Crippen molar-refractivity contribution in [2.45, 2.75) is 26.8 Å². The zero-order chi connectivity index (χ0) is 14.7. The molecule has 0 saturated heterocycles. The van der Waals surface area contributed by atoms with Crippen molar-refractivity contribution in [3.63, 3.8) is 0 Å². The summed E-state index contributed by atoms with van der Waals surface area (Å²) in [5.74, 6) is -0.316. The number of carbonyl (C=O) groups is 1. The van der Waals surface area contributed by atoms with E-state index in [4.69, 9.17) is 4.74 Å². The normalized spacial score (nSPS) is 12.0. The average molecular weight is 290 g/mol. The van der Waals surface area contributed by atoms with E-state index in [9.17, 15) is 4.79 Å². The summed E-state index contributed by atoms with van der Waals surface area (Å²) in [6.07, 6.45) is 0. The molecule has 0 amide bonds. The molecule has 0 aliphatic heterocycles. The third-order valence-electron chi connectivity index (χ3n) is 3.19. The summed E-state index contributed by atoms with van der Waals surface area (Å²) in [4.78, 5) is 16.2. The quantitative estimate of drug-likeness (QED) is 0.872. The molecule has 1 aromatic carbocycles. The molecular formula is C15H18N2O2S. The SMILES string of the molecule is COC(=O)c1cccc(NC(C)c2csc(C)n2)c1C. The van der Waals surface area contributed by atoms with E-state index in [0.717, 1.165) is 22.0 Å². The van der Waals surface area contributed by atoms with Gasteiger partial charge in [-0.05, 0) is 38.5 Å². The van der Waals surface area contributed by atoms with Gasteiger partial charge in [0.15, 0.2) is 0 Å². The summed E-state index contributed by atoms with van der Waals surface area (Å²) in [7, 11) is 1.39. The zero-order valence-corrected chi connectivity index (χ0v) is 12.9. The minimum absolute atomic E-state index is 0.0894. The minimum atomic E-state index is -0.316. The van der Waals surface area contributed by atoms with Gasteiger partial charge in [0.05, 0.1) is 29.4 Å². The Balaban J connectivity index is 2.23. The van der Waals surface area contributed by atoms with Crippen LogP contribution in [0.5, 0.6) is 0 Å². The fourth-order valence-electron chi connectivity index (χ4n) is 2.01. The topological polar surface area (TPSA) is 51.2 Å². The van der Waals surface area contributed by atoms with Crippen LogP contribution < -0.4 is 5.32 Å². The molecule has 1 unspecified atom stereocenters. The van der Waals surface area contributed by atoms with Crippen molar-refractivity contribution in [3.05, 3.63) is 45.4 Å². The van der Waals surface area contributed by atoms with Crippen molar-refractivity contribution in [2.75, 3.05) is 12.4 Å². The molecule has 0 bridgehead atoms. The molecule has 5 heteroatoms.